The van der Waals surface area contributed by atoms with Crippen LogP contribution in [0.3, 0.4) is 0 Å². The van der Waals surface area contributed by atoms with Crippen LogP contribution in [-0.4, -0.2) is 63.0 Å². The predicted octanol–water partition coefficient (Wildman–Crippen LogP) is 0.924. The van der Waals surface area contributed by atoms with Crippen LogP contribution in [0.4, 0.5) is 4.39 Å². The molecule has 0 saturated carbocycles. The zero-order valence-electron chi connectivity index (χ0n) is 12.0. The lowest BCUT2D eigenvalue weighted by Crippen LogP contribution is -2.43. The van der Waals surface area contributed by atoms with Gasteiger partial charge in [0, 0.05) is 0 Å². The first kappa shape index (κ1) is 19.0. The van der Waals surface area contributed by atoms with Crippen LogP contribution < -0.4 is 0 Å². The lowest BCUT2D eigenvalue weighted by molar-refractivity contribution is -0.890. The first-order valence-corrected chi connectivity index (χ1v) is 7.54. The summed E-state index contributed by atoms with van der Waals surface area (Å²) in [5.74, 6) is 0. The molecule has 0 heterocycles. The quantitative estimate of drug-likeness (QED) is 0.648. The molecule has 20 heavy (non-hydrogen) atoms. The summed E-state index contributed by atoms with van der Waals surface area (Å²) in [6.07, 6.45) is 0. The highest BCUT2D eigenvalue weighted by Crippen LogP contribution is 2.08. The number of hydrogen-bond donors (Lipinski definition) is 1. The Morgan fingerprint density at radius 2 is 1.70 bits per heavy atom. The van der Waals surface area contributed by atoms with E-state index in [1.807, 2.05) is 21.0 Å². The van der Waals surface area contributed by atoms with E-state index in [4.69, 9.17) is 5.11 Å². The van der Waals surface area contributed by atoms with E-state index in [1.54, 1.807) is 12.1 Å². The molecule has 0 aromatic heterocycles. The number of halogens is 1. The van der Waals surface area contributed by atoms with Gasteiger partial charge in [0.15, 0.2) is 0 Å². The number of aryl methyl sites for hydroxylation is 1. The number of quaternary nitrogens is 1. The van der Waals surface area contributed by atoms with Gasteiger partial charge in [-0.05, 0) is 19.1 Å². The van der Waals surface area contributed by atoms with Crippen molar-refractivity contribution in [1.82, 2.24) is 0 Å². The van der Waals surface area contributed by atoms with Gasteiger partial charge in [-0.1, -0.05) is 17.7 Å². The fraction of sp³-hybridized carbons (Fsp3) is 0.538. The Morgan fingerprint density at radius 3 is 2.05 bits per heavy atom. The number of hydrogen-bond acceptors (Lipinski definition) is 4. The molecule has 5 nitrogen and oxygen atoms in total. The number of alkyl halides is 1. The largest absolute Gasteiger partial charge is 0.744 e. The Morgan fingerprint density at radius 1 is 1.20 bits per heavy atom. The highest BCUT2D eigenvalue weighted by atomic mass is 32.2. The normalized spacial score (nSPS) is 11.7. The second-order valence-corrected chi connectivity index (χ2v) is 6.44. The van der Waals surface area contributed by atoms with Crippen LogP contribution in [0.2, 0.25) is 0 Å². The van der Waals surface area contributed by atoms with Gasteiger partial charge >= 0.3 is 0 Å². The molecule has 7 heteroatoms. The van der Waals surface area contributed by atoms with Crippen molar-refractivity contribution in [1.29, 1.82) is 0 Å². The predicted molar refractivity (Wildman–Crippen MR) is 74.0 cm³/mol. The second kappa shape index (κ2) is 8.31. The zero-order valence-corrected chi connectivity index (χ0v) is 12.9. The van der Waals surface area contributed by atoms with Crippen molar-refractivity contribution in [3.8, 4) is 0 Å². The van der Waals surface area contributed by atoms with Gasteiger partial charge in [0.1, 0.15) is 29.9 Å². The van der Waals surface area contributed by atoms with Gasteiger partial charge in [-0.3, -0.25) is 0 Å². The van der Waals surface area contributed by atoms with Crippen LogP contribution in [-0.2, 0) is 10.1 Å². The molecular formula is C13H22FNO4S. The van der Waals surface area contributed by atoms with Gasteiger partial charge in [0.2, 0.25) is 0 Å². The van der Waals surface area contributed by atoms with Crippen LogP contribution in [0.25, 0.3) is 0 Å². The van der Waals surface area contributed by atoms with E-state index < -0.39 is 10.1 Å². The average molecular weight is 306 g/mol. The minimum Gasteiger partial charge on any atom is -0.744 e. The highest BCUT2D eigenvalue weighted by Gasteiger charge is 2.12. The van der Waals surface area contributed by atoms with Gasteiger partial charge in [-0.15, -0.1) is 0 Å². The van der Waals surface area contributed by atoms with E-state index >= 15 is 0 Å². The third-order valence-corrected chi connectivity index (χ3v) is 3.55. The molecular weight excluding hydrogens is 284 g/mol. The summed E-state index contributed by atoms with van der Waals surface area (Å²) in [7, 11) is -0.472. The second-order valence-electron chi connectivity index (χ2n) is 5.06. The van der Waals surface area contributed by atoms with Crippen molar-refractivity contribution in [3.05, 3.63) is 29.8 Å². The van der Waals surface area contributed by atoms with Crippen molar-refractivity contribution < 1.29 is 27.0 Å². The molecule has 116 valence electrons. The molecule has 0 fully saturated rings. The van der Waals surface area contributed by atoms with E-state index in [2.05, 4.69) is 0 Å². The Hall–Kier alpha value is -1.02. The van der Waals surface area contributed by atoms with Crippen LogP contribution >= 0.6 is 0 Å². The van der Waals surface area contributed by atoms with Gasteiger partial charge in [0.05, 0.1) is 25.6 Å². The Kier molecular flexibility index (Phi) is 7.88. The average Bonchev–Trinajstić information content (AvgIpc) is 2.28. The van der Waals surface area contributed by atoms with Crippen molar-refractivity contribution in [2.45, 2.75) is 11.8 Å². The van der Waals surface area contributed by atoms with Gasteiger partial charge in [-0.25, -0.2) is 12.8 Å². The molecule has 0 aliphatic heterocycles. The molecule has 0 amide bonds. The molecule has 0 atom stereocenters. The van der Waals surface area contributed by atoms with Gasteiger partial charge in [0.25, 0.3) is 0 Å². The maximum atomic E-state index is 11.7. The van der Waals surface area contributed by atoms with Crippen LogP contribution in [0.1, 0.15) is 5.56 Å². The zero-order chi connectivity index (χ0) is 15.8. The highest BCUT2D eigenvalue weighted by molar-refractivity contribution is 7.85. The van der Waals surface area contributed by atoms with Crippen molar-refractivity contribution in [2.75, 3.05) is 40.5 Å². The summed E-state index contributed by atoms with van der Waals surface area (Å²) in [4.78, 5) is -0.178. The molecule has 0 bridgehead atoms. The molecule has 0 aliphatic rings. The van der Waals surface area contributed by atoms with Crippen molar-refractivity contribution in [2.24, 2.45) is 0 Å². The third-order valence-electron chi connectivity index (χ3n) is 2.70. The van der Waals surface area contributed by atoms with Crippen molar-refractivity contribution >= 4 is 10.1 Å². The molecule has 0 saturated heterocycles. The smallest absolute Gasteiger partial charge is 0.138 e. The fourth-order valence-electron chi connectivity index (χ4n) is 1.32. The maximum Gasteiger partial charge on any atom is 0.138 e. The number of aliphatic hydroxyl groups is 1. The molecule has 0 aliphatic carbocycles. The van der Waals surface area contributed by atoms with E-state index in [-0.39, 0.29) is 18.2 Å². The lowest BCUT2D eigenvalue weighted by atomic mass is 10.2. The Labute approximate surface area is 120 Å². The van der Waals surface area contributed by atoms with E-state index in [0.29, 0.717) is 17.6 Å². The van der Waals surface area contributed by atoms with E-state index in [0.717, 1.165) is 5.56 Å². The number of nitrogens with zero attached hydrogens (tertiary/aromatic N) is 1. The topological polar surface area (TPSA) is 77.4 Å². The molecule has 0 unspecified atom stereocenters. The minimum atomic E-state index is -4.27. The van der Waals surface area contributed by atoms with Crippen LogP contribution in [0.15, 0.2) is 29.2 Å². The molecule has 1 aromatic rings. The summed E-state index contributed by atoms with van der Waals surface area (Å²) in [5.41, 5.74) is 0.928. The first-order valence-electron chi connectivity index (χ1n) is 6.14. The molecule has 1 rings (SSSR count). The minimum absolute atomic E-state index is 0.132. The number of aliphatic hydroxyl groups excluding tert-OH is 1. The molecule has 1 aromatic carbocycles. The molecule has 1 N–H and O–H groups in total. The Bertz CT molecular complexity index is 478. The fourth-order valence-corrected chi connectivity index (χ4v) is 1.79. The summed E-state index contributed by atoms with van der Waals surface area (Å²) in [5, 5.41) is 8.49. The monoisotopic (exact) mass is 306 g/mol. The molecule has 0 radical (unpaired) electrons. The summed E-state index contributed by atoms with van der Waals surface area (Å²) in [6.45, 7) is 2.76. The number of benzene rings is 1. The first-order chi connectivity index (χ1) is 9.12. The van der Waals surface area contributed by atoms with Crippen LogP contribution in [0.5, 0.6) is 0 Å². The van der Waals surface area contributed by atoms with Crippen LogP contribution in [0, 0.1) is 6.92 Å². The van der Waals surface area contributed by atoms with Crippen molar-refractivity contribution in [3.63, 3.8) is 0 Å². The summed E-state index contributed by atoms with van der Waals surface area (Å²) >= 11 is 0. The third kappa shape index (κ3) is 8.21. The van der Waals surface area contributed by atoms with Gasteiger partial charge < -0.3 is 14.1 Å². The number of likely N-dealkylation sites (N-methyl/N-ethyl adjacent to an activating group) is 1. The summed E-state index contributed by atoms with van der Waals surface area (Å²) in [6, 6.07) is 5.78. The van der Waals surface area contributed by atoms with E-state index in [9.17, 15) is 17.4 Å². The standard InChI is InChI=1S/C7H8O3S.C6H15FNO/c1-6-2-4-7(5-3-6)11(8,9)10;1-8(2,4-3-7)5-6-9/h2-5H,1H3,(H,8,9,10);9H,3-6H2,1-2H3/q;+1/p-1/i;7-1. The maximum absolute atomic E-state index is 11.7. The number of rotatable bonds is 5. The van der Waals surface area contributed by atoms with Gasteiger partial charge in [-0.2, -0.15) is 0 Å². The molecule has 0 spiro atoms. The Balaban J connectivity index is 0.000000370. The lowest BCUT2D eigenvalue weighted by Gasteiger charge is -2.27. The summed E-state index contributed by atoms with van der Waals surface area (Å²) < 4.78 is 43.4. The van der Waals surface area contributed by atoms with E-state index in [1.165, 1.54) is 12.1 Å². The SMILES string of the molecule is C[N+](C)(CCO)CC[18F].Cc1ccc(S(=O)(=O)[O-])cc1.